The van der Waals surface area contributed by atoms with Gasteiger partial charge in [-0.2, -0.15) is 0 Å². The number of fused-ring (bicyclic) bond motifs is 1. The van der Waals surface area contributed by atoms with Crippen molar-refractivity contribution in [2.75, 3.05) is 19.7 Å². The van der Waals surface area contributed by atoms with Crippen LogP contribution in [-0.2, 0) is 25.7 Å². The Hall–Kier alpha value is -2.23. The first-order valence-corrected chi connectivity index (χ1v) is 11.7. The smallest absolute Gasteiger partial charge is 0.310 e. The molecule has 3 saturated heterocycles. The SMILES string of the molecule is C=CCN(Cc1ccccc1)C(=O)C1N(CCCO)C(=O)[C@@H]2[C@H](C(=O)O)[C@H]3OC12CC3Br. The van der Waals surface area contributed by atoms with Crippen molar-refractivity contribution in [1.29, 1.82) is 0 Å². The highest BCUT2D eigenvalue weighted by molar-refractivity contribution is 9.09. The molecule has 6 atom stereocenters. The third-order valence-corrected chi connectivity index (χ3v) is 7.59. The molecule has 3 unspecified atom stereocenters. The van der Waals surface area contributed by atoms with Gasteiger partial charge in [0.05, 0.1) is 17.9 Å². The number of hydrogen-bond acceptors (Lipinski definition) is 5. The molecule has 2 N–H and O–H groups in total. The molecule has 2 bridgehead atoms. The number of benzene rings is 1. The Morgan fingerprint density at radius 2 is 2.06 bits per heavy atom. The molecule has 8 nitrogen and oxygen atoms in total. The van der Waals surface area contributed by atoms with Gasteiger partial charge in [-0.05, 0) is 18.4 Å². The summed E-state index contributed by atoms with van der Waals surface area (Å²) in [6.45, 7) is 4.39. The molecule has 3 fully saturated rings. The molecule has 3 aliphatic rings. The van der Waals surface area contributed by atoms with E-state index in [1.807, 2.05) is 30.3 Å². The highest BCUT2D eigenvalue weighted by Crippen LogP contribution is 2.60. The highest BCUT2D eigenvalue weighted by atomic mass is 79.9. The van der Waals surface area contributed by atoms with Crippen LogP contribution in [-0.4, -0.2) is 80.1 Å². The summed E-state index contributed by atoms with van der Waals surface area (Å²) >= 11 is 3.53. The molecule has 0 aliphatic carbocycles. The van der Waals surface area contributed by atoms with Crippen LogP contribution in [0.25, 0.3) is 0 Å². The van der Waals surface area contributed by atoms with Crippen LogP contribution in [0.3, 0.4) is 0 Å². The molecule has 1 spiro atoms. The quantitative estimate of drug-likeness (QED) is 0.387. The monoisotopic (exact) mass is 506 g/mol. The van der Waals surface area contributed by atoms with E-state index in [2.05, 4.69) is 22.5 Å². The highest BCUT2D eigenvalue weighted by Gasteiger charge is 2.76. The predicted molar refractivity (Wildman–Crippen MR) is 119 cm³/mol. The van der Waals surface area contributed by atoms with E-state index in [1.165, 1.54) is 4.90 Å². The van der Waals surface area contributed by atoms with Crippen LogP contribution in [0.15, 0.2) is 43.0 Å². The van der Waals surface area contributed by atoms with Crippen molar-refractivity contribution in [2.24, 2.45) is 11.8 Å². The number of aliphatic carboxylic acids is 1. The molecule has 1 aromatic carbocycles. The molecule has 2 amide bonds. The maximum Gasteiger partial charge on any atom is 0.310 e. The number of carboxylic acid groups (broad SMARTS) is 1. The van der Waals surface area contributed by atoms with Gasteiger partial charge in [0.1, 0.15) is 11.6 Å². The van der Waals surface area contributed by atoms with E-state index in [0.717, 1.165) is 5.56 Å². The van der Waals surface area contributed by atoms with E-state index in [9.17, 15) is 24.6 Å². The predicted octanol–water partition coefficient (Wildman–Crippen LogP) is 1.42. The molecule has 3 heterocycles. The van der Waals surface area contributed by atoms with Gasteiger partial charge in [0, 0.05) is 31.1 Å². The summed E-state index contributed by atoms with van der Waals surface area (Å²) in [5.41, 5.74) is -0.275. The average Bonchev–Trinajstić information content (AvgIpc) is 3.35. The molecule has 0 radical (unpaired) electrons. The lowest BCUT2D eigenvalue weighted by molar-refractivity contribution is -0.151. The van der Waals surface area contributed by atoms with Crippen molar-refractivity contribution < 1.29 is 29.3 Å². The standard InChI is InChI=1S/C23H27BrN2O6/c1-2-9-25(13-14-7-4-3-5-8-14)21(29)19-23-12-15(24)18(32-23)16(22(30)31)17(23)20(28)26(19)10-6-11-27/h2-5,7-8,15-19,27H,1,6,9-13H2,(H,30,31)/t15?,16-,17-,18-,19?,23?/m0/s1. The molecular formula is C23H27BrN2O6. The number of ether oxygens (including phenoxy) is 1. The number of carbonyl (C=O) groups is 3. The van der Waals surface area contributed by atoms with Gasteiger partial charge in [-0.15, -0.1) is 6.58 Å². The van der Waals surface area contributed by atoms with Gasteiger partial charge in [0.2, 0.25) is 11.8 Å². The Bertz CT molecular complexity index is 911. The van der Waals surface area contributed by atoms with Crippen molar-refractivity contribution in [2.45, 2.75) is 42.0 Å². The number of aliphatic hydroxyl groups is 1. The second kappa shape index (κ2) is 8.96. The van der Waals surface area contributed by atoms with E-state index < -0.39 is 35.6 Å². The van der Waals surface area contributed by atoms with Crippen molar-refractivity contribution in [3.8, 4) is 0 Å². The Balaban J connectivity index is 1.73. The summed E-state index contributed by atoms with van der Waals surface area (Å²) in [6, 6.07) is 8.56. The molecule has 1 aromatic rings. The fraction of sp³-hybridized carbons (Fsp3) is 0.522. The van der Waals surface area contributed by atoms with E-state index in [0.29, 0.717) is 13.0 Å². The third kappa shape index (κ3) is 3.56. The summed E-state index contributed by atoms with van der Waals surface area (Å²) in [4.78, 5) is 42.3. The Labute approximate surface area is 195 Å². The van der Waals surface area contributed by atoms with Crippen LogP contribution in [0.4, 0.5) is 0 Å². The number of nitrogens with zero attached hydrogens (tertiary/aromatic N) is 2. The van der Waals surface area contributed by atoms with Gasteiger partial charge >= 0.3 is 5.97 Å². The first-order valence-electron chi connectivity index (χ1n) is 10.8. The van der Waals surface area contributed by atoms with Crippen LogP contribution in [0.1, 0.15) is 18.4 Å². The molecular weight excluding hydrogens is 480 g/mol. The topological polar surface area (TPSA) is 107 Å². The summed E-state index contributed by atoms with van der Waals surface area (Å²) in [5, 5.41) is 19.2. The molecule has 3 aliphatic heterocycles. The zero-order valence-electron chi connectivity index (χ0n) is 17.6. The lowest BCUT2D eigenvalue weighted by Gasteiger charge is -2.37. The van der Waals surface area contributed by atoms with E-state index >= 15 is 0 Å². The van der Waals surface area contributed by atoms with Crippen molar-refractivity contribution >= 4 is 33.7 Å². The number of likely N-dealkylation sites (tertiary alicyclic amines) is 1. The summed E-state index contributed by atoms with van der Waals surface area (Å²) in [6.07, 6.45) is 1.62. The normalized spacial score (nSPS) is 32.8. The first kappa shape index (κ1) is 22.9. The number of amides is 2. The van der Waals surface area contributed by atoms with Crippen molar-refractivity contribution in [3.63, 3.8) is 0 Å². The number of halogens is 1. The Morgan fingerprint density at radius 1 is 1.34 bits per heavy atom. The number of alkyl halides is 1. The molecule has 172 valence electrons. The number of carboxylic acids is 1. The van der Waals surface area contributed by atoms with Gasteiger partial charge in [-0.25, -0.2) is 0 Å². The fourth-order valence-electron chi connectivity index (χ4n) is 5.54. The van der Waals surface area contributed by atoms with Gasteiger partial charge in [-0.3, -0.25) is 14.4 Å². The lowest BCUT2D eigenvalue weighted by Crippen LogP contribution is -2.56. The number of carbonyl (C=O) groups excluding carboxylic acids is 2. The maximum absolute atomic E-state index is 13.9. The van der Waals surface area contributed by atoms with Crippen molar-refractivity contribution in [3.05, 3.63) is 48.6 Å². The van der Waals surface area contributed by atoms with E-state index in [4.69, 9.17) is 4.74 Å². The Kier molecular flexibility index (Phi) is 6.42. The van der Waals surface area contributed by atoms with Gasteiger partial charge < -0.3 is 24.7 Å². The van der Waals surface area contributed by atoms with Crippen LogP contribution in [0.2, 0.25) is 0 Å². The molecule has 9 heteroatoms. The number of rotatable bonds is 9. The summed E-state index contributed by atoms with van der Waals surface area (Å²) in [7, 11) is 0. The van der Waals surface area contributed by atoms with E-state index in [-0.39, 0.29) is 42.8 Å². The minimum absolute atomic E-state index is 0.143. The molecule has 4 rings (SSSR count). The molecule has 0 aromatic heterocycles. The summed E-state index contributed by atoms with van der Waals surface area (Å²) in [5.74, 6) is -3.72. The fourth-order valence-corrected chi connectivity index (χ4v) is 6.48. The van der Waals surface area contributed by atoms with Crippen LogP contribution < -0.4 is 0 Å². The largest absolute Gasteiger partial charge is 0.481 e. The first-order chi connectivity index (χ1) is 15.4. The zero-order chi connectivity index (χ0) is 23.0. The van der Waals surface area contributed by atoms with Crippen LogP contribution in [0.5, 0.6) is 0 Å². The van der Waals surface area contributed by atoms with Gasteiger partial charge in [0.15, 0.2) is 0 Å². The maximum atomic E-state index is 13.9. The lowest BCUT2D eigenvalue weighted by atomic mass is 9.70. The number of hydrogen-bond donors (Lipinski definition) is 2. The molecule has 0 saturated carbocycles. The van der Waals surface area contributed by atoms with Crippen LogP contribution >= 0.6 is 15.9 Å². The summed E-state index contributed by atoms with van der Waals surface area (Å²) < 4.78 is 6.24. The zero-order valence-corrected chi connectivity index (χ0v) is 19.2. The minimum Gasteiger partial charge on any atom is -0.481 e. The van der Waals surface area contributed by atoms with Gasteiger partial charge in [-0.1, -0.05) is 52.3 Å². The van der Waals surface area contributed by atoms with Gasteiger partial charge in [0.25, 0.3) is 0 Å². The Morgan fingerprint density at radius 3 is 2.69 bits per heavy atom. The second-order valence-electron chi connectivity index (χ2n) is 8.60. The van der Waals surface area contributed by atoms with Crippen LogP contribution in [0, 0.1) is 11.8 Å². The van der Waals surface area contributed by atoms with Crippen molar-refractivity contribution in [1.82, 2.24) is 9.80 Å². The third-order valence-electron chi connectivity index (χ3n) is 6.74. The minimum atomic E-state index is -1.21. The number of aliphatic hydroxyl groups excluding tert-OH is 1. The second-order valence-corrected chi connectivity index (χ2v) is 9.78. The average molecular weight is 507 g/mol. The molecule has 32 heavy (non-hydrogen) atoms. The van der Waals surface area contributed by atoms with E-state index in [1.54, 1.807) is 11.0 Å².